The lowest BCUT2D eigenvalue weighted by molar-refractivity contribution is -0.121. The lowest BCUT2D eigenvalue weighted by Crippen LogP contribution is -2.41. The molecule has 0 saturated heterocycles. The van der Waals surface area contributed by atoms with Gasteiger partial charge in [-0.1, -0.05) is 27.2 Å². The Balaban J connectivity index is 4.28. The molecule has 0 aromatic carbocycles. The van der Waals surface area contributed by atoms with E-state index in [2.05, 4.69) is 5.32 Å². The van der Waals surface area contributed by atoms with Gasteiger partial charge >= 0.3 is 0 Å². The molecule has 0 aliphatic heterocycles. The third-order valence-corrected chi connectivity index (χ3v) is 3.85. The SMILES string of the molecule is CCCCNC(=O)CN(CCC(C)C)S(C)(=O)=O. The summed E-state index contributed by atoms with van der Waals surface area (Å²) in [5.41, 5.74) is 0. The molecule has 108 valence electrons. The standard InChI is InChI=1S/C12H26N2O3S/c1-5-6-8-13-12(15)10-14(18(4,16)17)9-7-11(2)3/h11H,5-10H2,1-4H3,(H,13,15). The van der Waals surface area contributed by atoms with Crippen LogP contribution in [0.5, 0.6) is 0 Å². The molecule has 0 bridgehead atoms. The fourth-order valence-electron chi connectivity index (χ4n) is 1.38. The van der Waals surface area contributed by atoms with Crippen LogP contribution >= 0.6 is 0 Å². The summed E-state index contributed by atoms with van der Waals surface area (Å²) < 4.78 is 24.4. The molecule has 0 aliphatic carbocycles. The molecule has 1 amide bonds. The van der Waals surface area contributed by atoms with E-state index in [-0.39, 0.29) is 12.5 Å². The zero-order chi connectivity index (χ0) is 14.2. The van der Waals surface area contributed by atoms with Crippen molar-refractivity contribution < 1.29 is 13.2 Å². The number of nitrogens with one attached hydrogen (secondary N) is 1. The van der Waals surface area contributed by atoms with Crippen LogP contribution in [0, 0.1) is 5.92 Å². The number of rotatable bonds is 9. The van der Waals surface area contributed by atoms with Crippen LogP contribution in [-0.4, -0.2) is 44.5 Å². The zero-order valence-electron chi connectivity index (χ0n) is 11.9. The lowest BCUT2D eigenvalue weighted by Gasteiger charge is -2.20. The van der Waals surface area contributed by atoms with Gasteiger partial charge in [0, 0.05) is 13.1 Å². The Labute approximate surface area is 111 Å². The summed E-state index contributed by atoms with van der Waals surface area (Å²) in [6.07, 6.45) is 3.82. The van der Waals surface area contributed by atoms with Crippen LogP contribution in [0.15, 0.2) is 0 Å². The second-order valence-corrected chi connectivity index (χ2v) is 6.97. The van der Waals surface area contributed by atoms with Crippen LogP contribution in [-0.2, 0) is 14.8 Å². The Kier molecular flexibility index (Phi) is 8.18. The normalized spacial score (nSPS) is 12.1. The van der Waals surface area contributed by atoms with Gasteiger partial charge in [0.15, 0.2) is 0 Å². The first-order valence-electron chi connectivity index (χ1n) is 6.49. The topological polar surface area (TPSA) is 66.5 Å². The van der Waals surface area contributed by atoms with Gasteiger partial charge in [0.1, 0.15) is 0 Å². The minimum absolute atomic E-state index is 0.0741. The molecule has 5 nitrogen and oxygen atoms in total. The molecule has 18 heavy (non-hydrogen) atoms. The molecule has 0 saturated carbocycles. The van der Waals surface area contributed by atoms with E-state index in [0.29, 0.717) is 19.0 Å². The Hall–Kier alpha value is -0.620. The molecule has 0 rings (SSSR count). The van der Waals surface area contributed by atoms with Gasteiger partial charge in [0.2, 0.25) is 15.9 Å². The monoisotopic (exact) mass is 278 g/mol. The number of sulfonamides is 1. The van der Waals surface area contributed by atoms with Gasteiger partial charge in [-0.15, -0.1) is 0 Å². The lowest BCUT2D eigenvalue weighted by atomic mass is 10.1. The highest BCUT2D eigenvalue weighted by Gasteiger charge is 2.19. The maximum atomic E-state index is 11.6. The van der Waals surface area contributed by atoms with E-state index in [1.807, 2.05) is 20.8 Å². The van der Waals surface area contributed by atoms with Crippen LogP contribution in [0.25, 0.3) is 0 Å². The molecule has 1 N–H and O–H groups in total. The van der Waals surface area contributed by atoms with Crippen molar-refractivity contribution in [2.45, 2.75) is 40.0 Å². The van der Waals surface area contributed by atoms with Crippen molar-refractivity contribution in [2.75, 3.05) is 25.9 Å². The van der Waals surface area contributed by atoms with Gasteiger partial charge in [0.05, 0.1) is 12.8 Å². The Morgan fingerprint density at radius 3 is 2.39 bits per heavy atom. The maximum absolute atomic E-state index is 11.6. The van der Waals surface area contributed by atoms with Gasteiger partial charge in [-0.3, -0.25) is 4.79 Å². The fraction of sp³-hybridized carbons (Fsp3) is 0.917. The predicted molar refractivity (Wildman–Crippen MR) is 73.8 cm³/mol. The molecule has 0 aliphatic rings. The quantitative estimate of drug-likeness (QED) is 0.645. The molecule has 0 aromatic rings. The zero-order valence-corrected chi connectivity index (χ0v) is 12.7. The van der Waals surface area contributed by atoms with Gasteiger partial charge in [0.25, 0.3) is 0 Å². The van der Waals surface area contributed by atoms with Gasteiger partial charge in [-0.25, -0.2) is 8.42 Å². The van der Waals surface area contributed by atoms with E-state index in [1.54, 1.807) is 0 Å². The van der Waals surface area contributed by atoms with Crippen LogP contribution in [0.1, 0.15) is 40.0 Å². The molecular weight excluding hydrogens is 252 g/mol. The number of unbranched alkanes of at least 4 members (excludes halogenated alkanes) is 1. The molecule has 6 heteroatoms. The molecule has 0 radical (unpaired) electrons. The summed E-state index contributed by atoms with van der Waals surface area (Å²) >= 11 is 0. The molecule has 0 spiro atoms. The third kappa shape index (κ3) is 8.47. The molecule has 0 fully saturated rings. The maximum Gasteiger partial charge on any atom is 0.235 e. The summed E-state index contributed by atoms with van der Waals surface area (Å²) in [6.45, 7) is 7.03. The number of hydrogen-bond donors (Lipinski definition) is 1. The van der Waals surface area contributed by atoms with E-state index < -0.39 is 10.0 Å². The van der Waals surface area contributed by atoms with Crippen molar-refractivity contribution in [3.05, 3.63) is 0 Å². The number of nitrogens with zero attached hydrogens (tertiary/aromatic N) is 1. The molecule has 0 unspecified atom stereocenters. The van der Waals surface area contributed by atoms with Crippen LogP contribution < -0.4 is 5.32 Å². The Morgan fingerprint density at radius 1 is 1.33 bits per heavy atom. The number of carbonyl (C=O) groups excluding carboxylic acids is 1. The van der Waals surface area contributed by atoms with E-state index >= 15 is 0 Å². The number of amides is 1. The first-order chi connectivity index (χ1) is 8.27. The highest BCUT2D eigenvalue weighted by atomic mass is 32.2. The molecule has 0 heterocycles. The minimum Gasteiger partial charge on any atom is -0.355 e. The Morgan fingerprint density at radius 2 is 1.94 bits per heavy atom. The largest absolute Gasteiger partial charge is 0.355 e. The second kappa shape index (κ2) is 8.48. The van der Waals surface area contributed by atoms with Gasteiger partial charge in [-0.05, 0) is 18.8 Å². The molecule has 0 atom stereocenters. The van der Waals surface area contributed by atoms with E-state index in [9.17, 15) is 13.2 Å². The van der Waals surface area contributed by atoms with Crippen LogP contribution in [0.4, 0.5) is 0 Å². The number of hydrogen-bond acceptors (Lipinski definition) is 3. The average molecular weight is 278 g/mol. The summed E-state index contributed by atoms with van der Waals surface area (Å²) in [5.74, 6) is 0.190. The van der Waals surface area contributed by atoms with Crippen LogP contribution in [0.2, 0.25) is 0 Å². The predicted octanol–water partition coefficient (Wildman–Crippen LogP) is 1.21. The van der Waals surface area contributed by atoms with Gasteiger partial charge < -0.3 is 5.32 Å². The second-order valence-electron chi connectivity index (χ2n) is 4.98. The molecule has 0 aromatic heterocycles. The van der Waals surface area contributed by atoms with Crippen molar-refractivity contribution in [1.29, 1.82) is 0 Å². The summed E-state index contributed by atoms with van der Waals surface area (Å²) in [6, 6.07) is 0. The van der Waals surface area contributed by atoms with Crippen molar-refractivity contribution >= 4 is 15.9 Å². The third-order valence-electron chi connectivity index (χ3n) is 2.60. The van der Waals surface area contributed by atoms with Crippen molar-refractivity contribution in [2.24, 2.45) is 5.92 Å². The number of carbonyl (C=O) groups is 1. The van der Waals surface area contributed by atoms with Crippen molar-refractivity contribution in [3.8, 4) is 0 Å². The smallest absolute Gasteiger partial charge is 0.235 e. The average Bonchev–Trinajstić information content (AvgIpc) is 2.22. The summed E-state index contributed by atoms with van der Waals surface area (Å²) in [5, 5.41) is 2.73. The highest BCUT2D eigenvalue weighted by Crippen LogP contribution is 2.05. The highest BCUT2D eigenvalue weighted by molar-refractivity contribution is 7.88. The van der Waals surface area contributed by atoms with E-state index in [4.69, 9.17) is 0 Å². The van der Waals surface area contributed by atoms with E-state index in [1.165, 1.54) is 4.31 Å². The first kappa shape index (κ1) is 17.4. The minimum atomic E-state index is -3.31. The van der Waals surface area contributed by atoms with Gasteiger partial charge in [-0.2, -0.15) is 4.31 Å². The summed E-state index contributed by atoms with van der Waals surface area (Å²) in [4.78, 5) is 11.6. The first-order valence-corrected chi connectivity index (χ1v) is 8.34. The fourth-order valence-corrected chi connectivity index (χ4v) is 2.17. The van der Waals surface area contributed by atoms with Crippen LogP contribution in [0.3, 0.4) is 0 Å². The Bertz CT molecular complexity index is 339. The van der Waals surface area contributed by atoms with E-state index in [0.717, 1.165) is 25.5 Å². The molecular formula is C12H26N2O3S. The van der Waals surface area contributed by atoms with Crippen molar-refractivity contribution in [1.82, 2.24) is 9.62 Å². The summed E-state index contributed by atoms with van der Waals surface area (Å²) in [7, 11) is -3.31. The van der Waals surface area contributed by atoms with Crippen molar-refractivity contribution in [3.63, 3.8) is 0 Å².